The molecule has 0 bridgehead atoms. The predicted molar refractivity (Wildman–Crippen MR) is 141 cm³/mol. The summed E-state index contributed by atoms with van der Waals surface area (Å²) in [5, 5.41) is 9.29. The summed E-state index contributed by atoms with van der Waals surface area (Å²) < 4.78 is 44.3. The van der Waals surface area contributed by atoms with E-state index in [2.05, 4.69) is 4.72 Å². The monoisotopic (exact) mass is 527 g/mol. The fraction of sp³-hybridized carbons (Fsp3) is 0.321. The van der Waals surface area contributed by atoms with E-state index < -0.39 is 28.0 Å². The highest BCUT2D eigenvalue weighted by Gasteiger charge is 2.28. The van der Waals surface area contributed by atoms with Crippen molar-refractivity contribution in [2.24, 2.45) is 5.92 Å². The maximum absolute atomic E-state index is 12.6. The average Bonchev–Trinajstić information content (AvgIpc) is 2.88. The molecule has 37 heavy (non-hydrogen) atoms. The first-order valence-electron chi connectivity index (χ1n) is 11.8. The van der Waals surface area contributed by atoms with Crippen molar-refractivity contribution in [1.29, 1.82) is 0 Å². The van der Waals surface area contributed by atoms with Crippen LogP contribution in [0.3, 0.4) is 0 Å². The number of carboxylic acids is 1. The second-order valence-electron chi connectivity index (χ2n) is 9.03. The topological polar surface area (TPSA) is 111 Å². The second kappa shape index (κ2) is 12.2. The predicted octanol–water partition coefficient (Wildman–Crippen LogP) is 4.78. The number of hydrogen-bond donors (Lipinski definition) is 2. The van der Waals surface area contributed by atoms with Crippen LogP contribution in [0.15, 0.2) is 65.6 Å². The van der Waals surface area contributed by atoms with Gasteiger partial charge in [0.05, 0.1) is 18.6 Å². The number of rotatable bonds is 12. The van der Waals surface area contributed by atoms with Crippen LogP contribution in [0.2, 0.25) is 0 Å². The molecular formula is C28H33NO7S. The van der Waals surface area contributed by atoms with Gasteiger partial charge in [-0.2, -0.15) is 4.72 Å². The van der Waals surface area contributed by atoms with E-state index >= 15 is 0 Å². The van der Waals surface area contributed by atoms with Gasteiger partial charge < -0.3 is 19.3 Å². The third-order valence-corrected chi connectivity index (χ3v) is 7.48. The van der Waals surface area contributed by atoms with Gasteiger partial charge in [0.15, 0.2) is 0 Å². The van der Waals surface area contributed by atoms with Crippen LogP contribution < -0.4 is 14.2 Å². The highest BCUT2D eigenvalue weighted by atomic mass is 32.2. The zero-order valence-corrected chi connectivity index (χ0v) is 22.5. The number of nitrogens with one attached hydrogen (secondary N) is 1. The Hall–Kier alpha value is -3.40. The molecule has 0 fully saturated rings. The number of carboxylic acid groups (broad SMARTS) is 1. The maximum atomic E-state index is 12.6. The zero-order chi connectivity index (χ0) is 27.2. The molecule has 9 heteroatoms. The molecule has 3 aromatic rings. The van der Waals surface area contributed by atoms with Crippen LogP contribution >= 0.6 is 0 Å². The minimum absolute atomic E-state index is 0.00414. The minimum atomic E-state index is -3.97. The summed E-state index contributed by atoms with van der Waals surface area (Å²) >= 11 is 0. The van der Waals surface area contributed by atoms with Crippen molar-refractivity contribution in [2.75, 3.05) is 14.2 Å². The van der Waals surface area contributed by atoms with Crippen LogP contribution in [0.5, 0.6) is 11.5 Å². The quantitative estimate of drug-likeness (QED) is 0.349. The first kappa shape index (κ1) is 28.2. The van der Waals surface area contributed by atoms with Crippen molar-refractivity contribution in [2.45, 2.75) is 44.9 Å². The molecule has 198 valence electrons. The Bertz CT molecular complexity index is 1320. The van der Waals surface area contributed by atoms with Gasteiger partial charge >= 0.3 is 5.97 Å². The van der Waals surface area contributed by atoms with E-state index in [1.165, 1.54) is 12.1 Å². The van der Waals surface area contributed by atoms with Crippen molar-refractivity contribution in [3.8, 4) is 22.6 Å². The van der Waals surface area contributed by atoms with Crippen LogP contribution in [0.4, 0.5) is 0 Å². The lowest BCUT2D eigenvalue weighted by Crippen LogP contribution is -2.44. The number of sulfonamides is 1. The van der Waals surface area contributed by atoms with Crippen molar-refractivity contribution in [3.05, 3.63) is 77.4 Å². The molecule has 0 aliphatic heterocycles. The van der Waals surface area contributed by atoms with E-state index in [1.807, 2.05) is 43.3 Å². The van der Waals surface area contributed by atoms with Crippen molar-refractivity contribution >= 4 is 16.0 Å². The molecule has 0 spiro atoms. The summed E-state index contributed by atoms with van der Waals surface area (Å²) in [7, 11) is -0.679. The van der Waals surface area contributed by atoms with Gasteiger partial charge in [0.2, 0.25) is 10.0 Å². The Morgan fingerprint density at radius 1 is 0.946 bits per heavy atom. The highest BCUT2D eigenvalue weighted by Crippen LogP contribution is 2.27. The van der Waals surface area contributed by atoms with Crippen molar-refractivity contribution in [1.82, 2.24) is 4.72 Å². The first-order chi connectivity index (χ1) is 17.6. The van der Waals surface area contributed by atoms with E-state index in [1.54, 1.807) is 40.2 Å². The van der Waals surface area contributed by atoms with Gasteiger partial charge in [-0.25, -0.2) is 8.42 Å². The fourth-order valence-corrected chi connectivity index (χ4v) is 5.19. The van der Waals surface area contributed by atoms with Gasteiger partial charge in [-0.3, -0.25) is 4.79 Å². The van der Waals surface area contributed by atoms with E-state index in [0.29, 0.717) is 19.0 Å². The smallest absolute Gasteiger partial charge is 0.322 e. The molecule has 0 saturated carbocycles. The molecule has 0 aliphatic carbocycles. The molecule has 0 saturated heterocycles. The van der Waals surface area contributed by atoms with Gasteiger partial charge in [0.25, 0.3) is 0 Å². The van der Waals surface area contributed by atoms with E-state index in [-0.39, 0.29) is 4.90 Å². The maximum Gasteiger partial charge on any atom is 0.322 e. The summed E-state index contributed by atoms with van der Waals surface area (Å²) in [6.45, 7) is 6.13. The highest BCUT2D eigenvalue weighted by molar-refractivity contribution is 7.89. The number of carbonyl (C=O) groups is 1. The first-order valence-corrected chi connectivity index (χ1v) is 13.3. The number of hydrogen-bond acceptors (Lipinski definition) is 6. The van der Waals surface area contributed by atoms with Gasteiger partial charge in [-0.1, -0.05) is 38.1 Å². The SMILES string of the molecule is COCc1cc(COc2ccc(-c3ccc(S(=O)(=O)NC(C(=O)O)C(C)C)cc3)cc2)cc(OC)c1C. The Kier molecular flexibility index (Phi) is 9.31. The van der Waals surface area contributed by atoms with Gasteiger partial charge in [0, 0.05) is 7.11 Å². The Balaban J connectivity index is 1.69. The standard InChI is InChI=1S/C28H33NO7S/c1-18(2)27(28(30)31)29-37(32,33)25-12-8-22(9-13-25)21-6-10-24(11-7-21)36-16-20-14-23(17-34-4)19(3)26(15-20)35-5/h6-15,18,27,29H,16-17H2,1-5H3,(H,30,31). The van der Waals surface area contributed by atoms with E-state index in [4.69, 9.17) is 14.2 Å². The third-order valence-electron chi connectivity index (χ3n) is 6.02. The van der Waals surface area contributed by atoms with Crippen molar-refractivity contribution < 1.29 is 32.5 Å². The molecule has 0 aliphatic rings. The number of methoxy groups -OCH3 is 2. The Morgan fingerprint density at radius 3 is 2.05 bits per heavy atom. The lowest BCUT2D eigenvalue weighted by Gasteiger charge is -2.18. The minimum Gasteiger partial charge on any atom is -0.496 e. The molecule has 2 N–H and O–H groups in total. The van der Waals surface area contributed by atoms with E-state index in [9.17, 15) is 18.3 Å². The molecule has 0 heterocycles. The largest absolute Gasteiger partial charge is 0.496 e. The molecule has 0 radical (unpaired) electrons. The van der Waals surface area contributed by atoms with Crippen LogP contribution in [-0.2, 0) is 32.8 Å². The number of ether oxygens (including phenoxy) is 3. The van der Waals surface area contributed by atoms with Gasteiger partial charge in [-0.15, -0.1) is 0 Å². The average molecular weight is 528 g/mol. The fourth-order valence-electron chi connectivity index (χ4n) is 3.85. The normalized spacial score (nSPS) is 12.4. The second-order valence-corrected chi connectivity index (χ2v) is 10.7. The van der Waals surface area contributed by atoms with Gasteiger partial charge in [0.1, 0.15) is 24.1 Å². The summed E-state index contributed by atoms with van der Waals surface area (Å²) in [4.78, 5) is 11.4. The molecule has 0 aromatic heterocycles. The molecule has 8 nitrogen and oxygen atoms in total. The molecule has 3 rings (SSSR count). The number of benzene rings is 3. The Labute approximate surface area is 218 Å². The summed E-state index contributed by atoms with van der Waals surface area (Å²) in [6, 6.07) is 16.6. The summed E-state index contributed by atoms with van der Waals surface area (Å²) in [5.41, 5.74) is 4.74. The third kappa shape index (κ3) is 7.09. The Morgan fingerprint density at radius 2 is 1.54 bits per heavy atom. The molecule has 1 atom stereocenters. The van der Waals surface area contributed by atoms with Crippen LogP contribution in [0, 0.1) is 12.8 Å². The van der Waals surface area contributed by atoms with Crippen LogP contribution in [-0.4, -0.2) is 39.8 Å². The molecule has 3 aromatic carbocycles. The summed E-state index contributed by atoms with van der Waals surface area (Å²) in [6.07, 6.45) is 0. The van der Waals surface area contributed by atoms with E-state index in [0.717, 1.165) is 33.6 Å². The summed E-state index contributed by atoms with van der Waals surface area (Å²) in [5.74, 6) is -0.137. The molecular weight excluding hydrogens is 494 g/mol. The van der Waals surface area contributed by atoms with Crippen LogP contribution in [0.25, 0.3) is 11.1 Å². The lowest BCUT2D eigenvalue weighted by molar-refractivity contribution is -0.140. The van der Waals surface area contributed by atoms with Crippen LogP contribution in [0.1, 0.15) is 30.5 Å². The zero-order valence-electron chi connectivity index (χ0n) is 21.6. The van der Waals surface area contributed by atoms with Crippen molar-refractivity contribution in [3.63, 3.8) is 0 Å². The lowest BCUT2D eigenvalue weighted by atomic mass is 10.0. The number of aliphatic carboxylic acids is 1. The van der Waals surface area contributed by atoms with Gasteiger partial charge in [-0.05, 0) is 77.1 Å². The molecule has 0 amide bonds. The molecule has 1 unspecified atom stereocenters.